The van der Waals surface area contributed by atoms with Crippen LogP contribution in [0.5, 0.6) is 11.8 Å². The molecule has 0 aliphatic carbocycles. The molecule has 15 heteroatoms. The maximum atomic E-state index is 6.89. The maximum Gasteiger partial charge on any atom is 0.246 e. The van der Waals surface area contributed by atoms with Gasteiger partial charge in [-0.2, -0.15) is 10.2 Å². The zero-order chi connectivity index (χ0) is 38.2. The number of halogens is 1. The zero-order valence-electron chi connectivity index (χ0n) is 33.1. The Kier molecular flexibility index (Phi) is 12.1. The third kappa shape index (κ3) is 8.11. The van der Waals surface area contributed by atoms with E-state index >= 15 is 0 Å². The molecule has 0 saturated carbocycles. The molecule has 2 fully saturated rings. The fraction of sp³-hybridized carbons (Fsp3) is 0.632. The van der Waals surface area contributed by atoms with E-state index in [1.54, 1.807) is 6.08 Å². The highest BCUT2D eigenvalue weighted by Crippen LogP contribution is 2.39. The lowest BCUT2D eigenvalue weighted by molar-refractivity contribution is -0.0370. The lowest BCUT2D eigenvalue weighted by Crippen LogP contribution is -2.44. The summed E-state index contributed by atoms with van der Waals surface area (Å²) in [5.41, 5.74) is 5.31. The van der Waals surface area contributed by atoms with Crippen LogP contribution in [0.15, 0.2) is 18.8 Å². The Morgan fingerprint density at radius 1 is 1.19 bits per heavy atom. The van der Waals surface area contributed by atoms with Crippen molar-refractivity contribution in [1.29, 1.82) is 0 Å². The van der Waals surface area contributed by atoms with Gasteiger partial charge in [-0.25, -0.2) is 14.3 Å². The first-order valence-electron chi connectivity index (χ1n) is 18.8. The Hall–Kier alpha value is -2.83. The number of pyridine rings is 1. The predicted molar refractivity (Wildman–Crippen MR) is 218 cm³/mol. The number of nitrogens with zero attached hydrogens (tertiary/aromatic N) is 8. The smallest absolute Gasteiger partial charge is 0.246 e. The number of likely N-dealkylation sites (N-methyl/N-ethyl adjacent to an activating group) is 1. The van der Waals surface area contributed by atoms with Crippen LogP contribution >= 0.6 is 22.6 Å². The van der Waals surface area contributed by atoms with Gasteiger partial charge >= 0.3 is 0 Å². The quantitative estimate of drug-likeness (QED) is 0.0931. The van der Waals surface area contributed by atoms with Crippen LogP contribution < -0.4 is 9.47 Å². The number of ether oxygens (including phenoxy) is 4. The van der Waals surface area contributed by atoms with Crippen LogP contribution in [0.1, 0.15) is 83.2 Å². The van der Waals surface area contributed by atoms with E-state index in [0.29, 0.717) is 44.7 Å². The molecular weight excluding hydrogens is 803 g/mol. The van der Waals surface area contributed by atoms with Crippen LogP contribution in [0.2, 0.25) is 18.1 Å². The van der Waals surface area contributed by atoms with Crippen molar-refractivity contribution in [2.24, 2.45) is 7.05 Å². The van der Waals surface area contributed by atoms with E-state index < -0.39 is 8.32 Å². The van der Waals surface area contributed by atoms with Crippen molar-refractivity contribution in [3.8, 4) is 22.9 Å². The Bertz CT molecular complexity index is 1910. The minimum absolute atomic E-state index is 0.0202. The highest BCUT2D eigenvalue weighted by molar-refractivity contribution is 14.1. The molecule has 290 valence electrons. The number of hydrogen-bond donors (Lipinski definition) is 0. The van der Waals surface area contributed by atoms with Crippen LogP contribution in [0.3, 0.4) is 0 Å². The summed E-state index contributed by atoms with van der Waals surface area (Å²) in [5, 5.41) is 15.6. The summed E-state index contributed by atoms with van der Waals surface area (Å²) < 4.78 is 38.5. The summed E-state index contributed by atoms with van der Waals surface area (Å²) in [5.74, 6) is 1.33. The van der Waals surface area contributed by atoms with Gasteiger partial charge in [0.05, 0.1) is 64.7 Å². The summed E-state index contributed by atoms with van der Waals surface area (Å²) in [6.07, 6.45) is 6.39. The van der Waals surface area contributed by atoms with Crippen molar-refractivity contribution in [3.05, 3.63) is 39.5 Å². The molecular formula is C38H57IN8O5Si. The van der Waals surface area contributed by atoms with E-state index in [9.17, 15) is 0 Å². The predicted octanol–water partition coefficient (Wildman–Crippen LogP) is 7.54. The molecule has 6 rings (SSSR count). The summed E-state index contributed by atoms with van der Waals surface area (Å²) in [6.45, 7) is 25.1. The van der Waals surface area contributed by atoms with Crippen LogP contribution in [-0.2, 0) is 27.5 Å². The lowest BCUT2D eigenvalue weighted by Gasteiger charge is -2.37. The molecule has 0 bridgehead atoms. The average Bonchev–Trinajstić information content (AvgIpc) is 3.88. The van der Waals surface area contributed by atoms with Gasteiger partial charge in [0.2, 0.25) is 11.8 Å². The summed E-state index contributed by atoms with van der Waals surface area (Å²) in [7, 11) is 2.10. The van der Waals surface area contributed by atoms with Crippen molar-refractivity contribution in [2.45, 2.75) is 110 Å². The average molecular weight is 861 g/mol. The van der Waals surface area contributed by atoms with Crippen molar-refractivity contribution in [1.82, 2.24) is 39.2 Å². The standard InChI is InChI=1S/C38H57IN8O5Si/c1-12-28-27-18-26(19-40-35(27)47(42-28)32-16-14-15-17-50-32)33-25(4)41-45(9)37(33)52-31-23-48-22-30(31)44(8)20-29-34(39)36(49-13-2)43-46(29)24(3)21-51-53(10,11)38(5,6)7/h12,18-19,24,30-32H,1,13-17,20-23H2,2-11H3/t24-,30?,31?,32?/m0/s1. The SMILES string of the molecule is C=Cc1nn(C2CCCCO2)c2ncc(-c3c(C)nn(C)c3OC3COCC3N(C)Cc3c(I)c(OCC)nn3[C@@H](C)CO[Si](C)(C)C(C)(C)C)cc12. The highest BCUT2D eigenvalue weighted by Gasteiger charge is 2.39. The Morgan fingerprint density at radius 3 is 2.64 bits per heavy atom. The van der Waals surface area contributed by atoms with Crippen LogP contribution in [-0.4, -0.2) is 99.8 Å². The first kappa shape index (κ1) is 39.8. The molecule has 0 aromatic carbocycles. The van der Waals surface area contributed by atoms with Gasteiger partial charge in [-0.05, 0) is 99.9 Å². The fourth-order valence-electron chi connectivity index (χ4n) is 6.88. The van der Waals surface area contributed by atoms with Crippen LogP contribution in [0.25, 0.3) is 28.2 Å². The second-order valence-corrected chi connectivity index (χ2v) is 21.8. The Morgan fingerprint density at radius 2 is 1.96 bits per heavy atom. The lowest BCUT2D eigenvalue weighted by atomic mass is 10.1. The Labute approximate surface area is 328 Å². The molecule has 6 heterocycles. The van der Waals surface area contributed by atoms with Crippen molar-refractivity contribution in [3.63, 3.8) is 0 Å². The number of hydrogen-bond acceptors (Lipinski definition) is 10. The van der Waals surface area contributed by atoms with Crippen molar-refractivity contribution < 1.29 is 23.4 Å². The number of fused-ring (bicyclic) bond motifs is 1. The van der Waals surface area contributed by atoms with E-state index in [-0.39, 0.29) is 29.5 Å². The topological polar surface area (TPSA) is 116 Å². The molecule has 3 unspecified atom stereocenters. The summed E-state index contributed by atoms with van der Waals surface area (Å²) in [6, 6.07) is 2.12. The van der Waals surface area contributed by atoms with E-state index in [4.69, 9.17) is 43.7 Å². The second kappa shape index (κ2) is 16.1. The van der Waals surface area contributed by atoms with Crippen LogP contribution in [0.4, 0.5) is 0 Å². The van der Waals surface area contributed by atoms with Gasteiger partial charge < -0.3 is 23.4 Å². The molecule has 0 spiro atoms. The largest absolute Gasteiger partial charge is 0.476 e. The van der Waals surface area contributed by atoms with E-state index in [1.807, 2.05) is 36.5 Å². The van der Waals surface area contributed by atoms with E-state index in [0.717, 1.165) is 68.7 Å². The van der Waals surface area contributed by atoms with E-state index in [1.165, 1.54) is 0 Å². The van der Waals surface area contributed by atoms with Crippen LogP contribution in [0, 0.1) is 10.5 Å². The summed E-state index contributed by atoms with van der Waals surface area (Å²) in [4.78, 5) is 7.22. The molecule has 4 aromatic rings. The highest BCUT2D eigenvalue weighted by atomic mass is 127. The van der Waals surface area contributed by atoms with Gasteiger partial charge in [0.15, 0.2) is 20.2 Å². The zero-order valence-corrected chi connectivity index (χ0v) is 36.3. The van der Waals surface area contributed by atoms with Gasteiger partial charge in [0.1, 0.15) is 6.10 Å². The number of aromatic nitrogens is 7. The molecule has 0 N–H and O–H groups in total. The number of rotatable bonds is 14. The Balaban J connectivity index is 1.24. The van der Waals surface area contributed by atoms with Gasteiger partial charge in [-0.3, -0.25) is 9.58 Å². The van der Waals surface area contributed by atoms with Gasteiger partial charge in [-0.15, -0.1) is 5.10 Å². The first-order chi connectivity index (χ1) is 25.1. The second-order valence-electron chi connectivity index (χ2n) is 15.9. The fourth-order valence-corrected chi connectivity index (χ4v) is 8.65. The van der Waals surface area contributed by atoms with Crippen molar-refractivity contribution >= 4 is 48.0 Å². The molecule has 4 aromatic heterocycles. The minimum Gasteiger partial charge on any atom is -0.476 e. The van der Waals surface area contributed by atoms with Gasteiger partial charge in [0.25, 0.3) is 0 Å². The first-order valence-corrected chi connectivity index (χ1v) is 22.8. The van der Waals surface area contributed by atoms with E-state index in [2.05, 4.69) is 92.7 Å². The molecule has 53 heavy (non-hydrogen) atoms. The minimum atomic E-state index is -1.94. The monoisotopic (exact) mass is 860 g/mol. The molecule has 0 amide bonds. The number of aryl methyl sites for hydroxylation is 2. The third-order valence-electron chi connectivity index (χ3n) is 11.0. The van der Waals surface area contributed by atoms with Gasteiger partial charge in [0, 0.05) is 37.3 Å². The summed E-state index contributed by atoms with van der Waals surface area (Å²) >= 11 is 2.37. The molecule has 0 radical (unpaired) electrons. The molecule has 2 aliphatic heterocycles. The molecule has 4 atom stereocenters. The molecule has 2 saturated heterocycles. The maximum absolute atomic E-state index is 6.89. The van der Waals surface area contributed by atoms with Crippen molar-refractivity contribution in [2.75, 3.05) is 40.1 Å². The third-order valence-corrected chi connectivity index (χ3v) is 16.6. The normalized spacial score (nSPS) is 20.4. The molecule has 13 nitrogen and oxygen atoms in total. The molecule has 2 aliphatic rings. The van der Waals surface area contributed by atoms with Gasteiger partial charge in [-0.1, -0.05) is 27.4 Å².